The molecule has 0 saturated carbocycles. The standard InChI is InChI=1S/C12H22N2S/c1-6-12(4,5)14-8-11-13-7-10(15-11)9(2)3/h7,9,14H,6,8H2,1-5H3. The van der Waals surface area contributed by atoms with Crippen molar-refractivity contribution >= 4 is 11.3 Å². The Balaban J connectivity index is 2.51. The Morgan fingerprint density at radius 2 is 2.13 bits per heavy atom. The quantitative estimate of drug-likeness (QED) is 0.830. The third-order valence-electron chi connectivity index (χ3n) is 2.74. The van der Waals surface area contributed by atoms with Gasteiger partial charge in [0.15, 0.2) is 0 Å². The smallest absolute Gasteiger partial charge is 0.107 e. The molecule has 0 aliphatic heterocycles. The second-order valence-electron chi connectivity index (χ2n) is 4.90. The molecule has 0 aromatic carbocycles. The van der Waals surface area contributed by atoms with Crippen molar-refractivity contribution in [1.82, 2.24) is 10.3 Å². The molecule has 0 amide bonds. The Kier molecular flexibility index (Phi) is 4.29. The molecular formula is C12H22N2S. The molecule has 1 aromatic rings. The highest BCUT2D eigenvalue weighted by atomic mass is 32.1. The molecule has 2 nitrogen and oxygen atoms in total. The van der Waals surface area contributed by atoms with Crippen molar-refractivity contribution in [2.45, 2.75) is 59.0 Å². The predicted molar refractivity (Wildman–Crippen MR) is 67.4 cm³/mol. The first-order valence-corrected chi connectivity index (χ1v) is 6.46. The fraction of sp³-hybridized carbons (Fsp3) is 0.750. The lowest BCUT2D eigenvalue weighted by molar-refractivity contribution is 0.374. The topological polar surface area (TPSA) is 24.9 Å². The van der Waals surface area contributed by atoms with Crippen LogP contribution in [0.4, 0.5) is 0 Å². The monoisotopic (exact) mass is 226 g/mol. The number of rotatable bonds is 5. The van der Waals surface area contributed by atoms with Gasteiger partial charge >= 0.3 is 0 Å². The Hall–Kier alpha value is -0.410. The van der Waals surface area contributed by atoms with Crippen LogP contribution in [-0.2, 0) is 6.54 Å². The summed E-state index contributed by atoms with van der Waals surface area (Å²) < 4.78 is 0. The Labute approximate surface area is 97.1 Å². The van der Waals surface area contributed by atoms with Crippen LogP contribution in [0.3, 0.4) is 0 Å². The van der Waals surface area contributed by atoms with Crippen molar-refractivity contribution in [3.05, 3.63) is 16.1 Å². The van der Waals surface area contributed by atoms with Crippen molar-refractivity contribution in [2.24, 2.45) is 0 Å². The summed E-state index contributed by atoms with van der Waals surface area (Å²) in [7, 11) is 0. The van der Waals surface area contributed by atoms with Crippen molar-refractivity contribution < 1.29 is 0 Å². The number of hydrogen-bond acceptors (Lipinski definition) is 3. The Bertz CT molecular complexity index is 302. The number of thiazole rings is 1. The van der Waals surface area contributed by atoms with Crippen LogP contribution in [0.1, 0.15) is 56.8 Å². The zero-order valence-electron chi connectivity index (χ0n) is 10.4. The highest BCUT2D eigenvalue weighted by Gasteiger charge is 2.14. The van der Waals surface area contributed by atoms with Crippen molar-refractivity contribution in [2.75, 3.05) is 0 Å². The normalized spacial score (nSPS) is 12.4. The minimum atomic E-state index is 0.212. The number of nitrogens with one attached hydrogen (secondary N) is 1. The van der Waals surface area contributed by atoms with Crippen LogP contribution in [0.2, 0.25) is 0 Å². The van der Waals surface area contributed by atoms with Crippen LogP contribution >= 0.6 is 11.3 Å². The van der Waals surface area contributed by atoms with Gasteiger partial charge in [0.05, 0.1) is 0 Å². The van der Waals surface area contributed by atoms with E-state index >= 15 is 0 Å². The summed E-state index contributed by atoms with van der Waals surface area (Å²) in [5.41, 5.74) is 0.212. The Morgan fingerprint density at radius 3 is 2.60 bits per heavy atom. The van der Waals surface area contributed by atoms with Gasteiger partial charge in [-0.3, -0.25) is 0 Å². The first kappa shape index (κ1) is 12.7. The first-order chi connectivity index (χ1) is 6.94. The van der Waals surface area contributed by atoms with Gasteiger partial charge in [0.1, 0.15) is 5.01 Å². The number of hydrogen-bond donors (Lipinski definition) is 1. The third-order valence-corrected chi connectivity index (χ3v) is 4.04. The molecule has 1 rings (SSSR count). The molecule has 86 valence electrons. The molecule has 0 fully saturated rings. The van der Waals surface area contributed by atoms with Crippen LogP contribution < -0.4 is 5.32 Å². The molecule has 0 aliphatic rings. The molecule has 3 heteroatoms. The van der Waals surface area contributed by atoms with Crippen LogP contribution in [0, 0.1) is 0 Å². The fourth-order valence-electron chi connectivity index (χ4n) is 1.11. The second-order valence-corrected chi connectivity index (χ2v) is 6.05. The van der Waals surface area contributed by atoms with Gasteiger partial charge in [0, 0.05) is 23.2 Å². The molecule has 0 saturated heterocycles. The lowest BCUT2D eigenvalue weighted by Crippen LogP contribution is -2.37. The van der Waals surface area contributed by atoms with E-state index in [1.54, 1.807) is 0 Å². The minimum Gasteiger partial charge on any atom is -0.305 e. The summed E-state index contributed by atoms with van der Waals surface area (Å²) in [5.74, 6) is 0.593. The van der Waals surface area contributed by atoms with E-state index in [0.29, 0.717) is 5.92 Å². The van der Waals surface area contributed by atoms with Crippen molar-refractivity contribution in [3.63, 3.8) is 0 Å². The van der Waals surface area contributed by atoms with E-state index in [4.69, 9.17) is 0 Å². The van der Waals surface area contributed by atoms with Crippen LogP contribution in [0.15, 0.2) is 6.20 Å². The van der Waals surface area contributed by atoms with E-state index in [1.165, 1.54) is 9.88 Å². The molecule has 1 heterocycles. The minimum absolute atomic E-state index is 0.212. The number of aromatic nitrogens is 1. The highest BCUT2D eigenvalue weighted by molar-refractivity contribution is 7.11. The lowest BCUT2D eigenvalue weighted by Gasteiger charge is -2.23. The van der Waals surface area contributed by atoms with E-state index < -0.39 is 0 Å². The van der Waals surface area contributed by atoms with Gasteiger partial charge in [-0.1, -0.05) is 20.8 Å². The Morgan fingerprint density at radius 1 is 1.47 bits per heavy atom. The average molecular weight is 226 g/mol. The maximum Gasteiger partial charge on any atom is 0.107 e. The van der Waals surface area contributed by atoms with Gasteiger partial charge in [0.25, 0.3) is 0 Å². The largest absolute Gasteiger partial charge is 0.305 e. The lowest BCUT2D eigenvalue weighted by atomic mass is 10.0. The van der Waals surface area contributed by atoms with Gasteiger partial charge in [-0.2, -0.15) is 0 Å². The van der Waals surface area contributed by atoms with Crippen LogP contribution in [0.25, 0.3) is 0 Å². The SMILES string of the molecule is CCC(C)(C)NCc1ncc(C(C)C)s1. The highest BCUT2D eigenvalue weighted by Crippen LogP contribution is 2.22. The summed E-state index contributed by atoms with van der Waals surface area (Å²) in [6, 6.07) is 0. The van der Waals surface area contributed by atoms with Gasteiger partial charge in [-0.25, -0.2) is 4.98 Å². The molecule has 1 N–H and O–H groups in total. The van der Waals surface area contributed by atoms with Gasteiger partial charge in [0.2, 0.25) is 0 Å². The molecule has 0 radical (unpaired) electrons. The van der Waals surface area contributed by atoms with Gasteiger partial charge in [-0.15, -0.1) is 11.3 Å². The van der Waals surface area contributed by atoms with E-state index in [1.807, 2.05) is 17.5 Å². The average Bonchev–Trinajstić information content (AvgIpc) is 2.63. The van der Waals surface area contributed by atoms with Crippen molar-refractivity contribution in [3.8, 4) is 0 Å². The predicted octanol–water partition coefficient (Wildman–Crippen LogP) is 3.54. The summed E-state index contributed by atoms with van der Waals surface area (Å²) in [5, 5.41) is 4.72. The third kappa shape index (κ3) is 3.92. The maximum absolute atomic E-state index is 4.43. The second kappa shape index (κ2) is 5.08. The summed E-state index contributed by atoms with van der Waals surface area (Å²) in [6.07, 6.45) is 3.14. The zero-order chi connectivity index (χ0) is 11.5. The molecule has 0 bridgehead atoms. The molecule has 0 unspecified atom stereocenters. The van der Waals surface area contributed by atoms with Crippen molar-refractivity contribution in [1.29, 1.82) is 0 Å². The van der Waals surface area contributed by atoms with E-state index in [9.17, 15) is 0 Å². The molecule has 1 aromatic heterocycles. The molecule has 0 aliphatic carbocycles. The maximum atomic E-state index is 4.43. The van der Waals surface area contributed by atoms with Gasteiger partial charge < -0.3 is 5.32 Å². The summed E-state index contributed by atoms with van der Waals surface area (Å²) in [4.78, 5) is 5.81. The fourth-order valence-corrected chi connectivity index (χ4v) is 1.98. The van der Waals surface area contributed by atoms with Gasteiger partial charge in [-0.05, 0) is 26.2 Å². The zero-order valence-corrected chi connectivity index (χ0v) is 11.2. The molecular weight excluding hydrogens is 204 g/mol. The van der Waals surface area contributed by atoms with Crippen LogP contribution in [0.5, 0.6) is 0 Å². The van der Waals surface area contributed by atoms with Crippen LogP contribution in [-0.4, -0.2) is 10.5 Å². The molecule has 0 spiro atoms. The molecule has 0 atom stereocenters. The molecule has 15 heavy (non-hydrogen) atoms. The van der Waals surface area contributed by atoms with E-state index in [-0.39, 0.29) is 5.54 Å². The van der Waals surface area contributed by atoms with E-state index in [0.717, 1.165) is 13.0 Å². The summed E-state index contributed by atoms with van der Waals surface area (Å²) >= 11 is 1.82. The first-order valence-electron chi connectivity index (χ1n) is 5.64. The van der Waals surface area contributed by atoms with E-state index in [2.05, 4.69) is 44.9 Å². The number of nitrogens with zero attached hydrogens (tertiary/aromatic N) is 1. The summed E-state index contributed by atoms with van der Waals surface area (Å²) in [6.45, 7) is 12.0.